The van der Waals surface area contributed by atoms with E-state index in [4.69, 9.17) is 12.2 Å². The highest BCUT2D eigenvalue weighted by molar-refractivity contribution is 7.80. The van der Waals surface area contributed by atoms with Gasteiger partial charge in [0, 0.05) is 12.7 Å². The molecule has 1 unspecified atom stereocenters. The average Bonchev–Trinajstić information content (AvgIpc) is 2.77. The first-order valence-electron chi connectivity index (χ1n) is 6.61. The van der Waals surface area contributed by atoms with Crippen molar-refractivity contribution in [3.05, 3.63) is 65.7 Å². The number of aryl methyl sites for hydroxylation is 1. The van der Waals surface area contributed by atoms with Crippen LogP contribution in [0.3, 0.4) is 0 Å². The van der Waals surface area contributed by atoms with E-state index in [1.807, 2.05) is 30.3 Å². The van der Waals surface area contributed by atoms with Crippen LogP contribution in [0.2, 0.25) is 0 Å². The molecule has 4 heteroatoms. The predicted octanol–water partition coefficient (Wildman–Crippen LogP) is 3.24. The molecule has 1 atom stereocenters. The second-order valence-electron chi connectivity index (χ2n) is 4.99. The van der Waals surface area contributed by atoms with Crippen LogP contribution in [0.15, 0.2) is 54.6 Å². The third-order valence-electron chi connectivity index (χ3n) is 3.49. The van der Waals surface area contributed by atoms with E-state index >= 15 is 0 Å². The Labute approximate surface area is 124 Å². The van der Waals surface area contributed by atoms with E-state index in [0.29, 0.717) is 0 Å². The van der Waals surface area contributed by atoms with Crippen LogP contribution < -0.4 is 10.3 Å². The summed E-state index contributed by atoms with van der Waals surface area (Å²) in [6.07, 6.45) is 0.0383. The number of hydrogen-bond acceptors (Lipinski definition) is 2. The zero-order valence-electron chi connectivity index (χ0n) is 11.6. The number of nitrogens with one attached hydrogen (secondary N) is 1. The standard InChI is InChI=1S/C16H17N3S/c1-12-8-10-14(11-9-12)19-15(17-18(2)16(19)20)13-6-4-3-5-7-13/h3-11,15,17H,1-2H3. The molecule has 0 amide bonds. The van der Waals surface area contributed by atoms with Crippen molar-refractivity contribution in [2.75, 3.05) is 11.9 Å². The molecule has 0 radical (unpaired) electrons. The van der Waals surface area contributed by atoms with Crippen molar-refractivity contribution in [3.63, 3.8) is 0 Å². The highest BCUT2D eigenvalue weighted by atomic mass is 32.1. The van der Waals surface area contributed by atoms with Crippen LogP contribution in [0.4, 0.5) is 5.69 Å². The number of rotatable bonds is 2. The fourth-order valence-electron chi connectivity index (χ4n) is 2.39. The Morgan fingerprint density at radius 2 is 1.65 bits per heavy atom. The molecule has 2 aromatic rings. The highest BCUT2D eigenvalue weighted by Gasteiger charge is 2.33. The van der Waals surface area contributed by atoms with Crippen molar-refractivity contribution in [1.82, 2.24) is 10.4 Å². The van der Waals surface area contributed by atoms with E-state index in [9.17, 15) is 0 Å². The molecule has 20 heavy (non-hydrogen) atoms. The first-order chi connectivity index (χ1) is 9.66. The summed E-state index contributed by atoms with van der Waals surface area (Å²) >= 11 is 5.54. The van der Waals surface area contributed by atoms with Crippen molar-refractivity contribution in [1.29, 1.82) is 0 Å². The fourth-order valence-corrected chi connectivity index (χ4v) is 2.66. The second kappa shape index (κ2) is 5.23. The predicted molar refractivity (Wildman–Crippen MR) is 86.3 cm³/mol. The van der Waals surface area contributed by atoms with Crippen molar-refractivity contribution in [2.45, 2.75) is 13.1 Å². The molecule has 0 aliphatic carbocycles. The van der Waals surface area contributed by atoms with Gasteiger partial charge in [-0.25, -0.2) is 5.43 Å². The molecular formula is C16H17N3S. The Morgan fingerprint density at radius 3 is 2.30 bits per heavy atom. The van der Waals surface area contributed by atoms with Gasteiger partial charge < -0.3 is 0 Å². The van der Waals surface area contributed by atoms with Gasteiger partial charge >= 0.3 is 0 Å². The summed E-state index contributed by atoms with van der Waals surface area (Å²) in [7, 11) is 1.95. The number of benzene rings is 2. The molecule has 1 saturated heterocycles. The van der Waals surface area contributed by atoms with E-state index < -0.39 is 0 Å². The molecule has 3 rings (SSSR count). The smallest absolute Gasteiger partial charge is 0.192 e. The lowest BCUT2D eigenvalue weighted by atomic mass is 10.1. The Kier molecular flexibility index (Phi) is 3.42. The van der Waals surface area contributed by atoms with Crippen molar-refractivity contribution >= 4 is 23.0 Å². The Balaban J connectivity index is 2.01. The fraction of sp³-hybridized carbons (Fsp3) is 0.188. The monoisotopic (exact) mass is 283 g/mol. The maximum atomic E-state index is 5.54. The van der Waals surface area contributed by atoms with Crippen molar-refractivity contribution in [3.8, 4) is 0 Å². The molecule has 0 aromatic heterocycles. The summed E-state index contributed by atoms with van der Waals surface area (Å²) < 4.78 is 0. The lowest BCUT2D eigenvalue weighted by molar-refractivity contribution is 0.369. The van der Waals surface area contributed by atoms with Crippen LogP contribution in [0.25, 0.3) is 0 Å². The molecule has 1 heterocycles. The van der Waals surface area contributed by atoms with E-state index in [1.165, 1.54) is 11.1 Å². The van der Waals surface area contributed by atoms with Gasteiger partial charge in [-0.15, -0.1) is 0 Å². The molecule has 1 aliphatic heterocycles. The maximum Gasteiger partial charge on any atom is 0.192 e. The number of anilines is 1. The van der Waals surface area contributed by atoms with E-state index in [0.717, 1.165) is 10.8 Å². The summed E-state index contributed by atoms with van der Waals surface area (Å²) in [5, 5.41) is 2.68. The van der Waals surface area contributed by atoms with E-state index in [-0.39, 0.29) is 6.17 Å². The lowest BCUT2D eigenvalue weighted by Crippen LogP contribution is -2.30. The number of hydrogen-bond donors (Lipinski definition) is 1. The molecule has 0 spiro atoms. The molecule has 0 bridgehead atoms. The average molecular weight is 283 g/mol. The lowest BCUT2D eigenvalue weighted by Gasteiger charge is -2.24. The quantitative estimate of drug-likeness (QED) is 0.853. The van der Waals surface area contributed by atoms with Gasteiger partial charge in [0.2, 0.25) is 0 Å². The van der Waals surface area contributed by atoms with Crippen LogP contribution in [0, 0.1) is 6.92 Å². The van der Waals surface area contributed by atoms with Gasteiger partial charge in [-0.3, -0.25) is 9.91 Å². The summed E-state index contributed by atoms with van der Waals surface area (Å²) in [5.41, 5.74) is 6.95. The van der Waals surface area contributed by atoms with Crippen LogP contribution in [-0.2, 0) is 0 Å². The molecule has 102 valence electrons. The summed E-state index contributed by atoms with van der Waals surface area (Å²) in [6.45, 7) is 2.09. The topological polar surface area (TPSA) is 18.5 Å². The van der Waals surface area contributed by atoms with E-state index in [1.54, 1.807) is 0 Å². The maximum absolute atomic E-state index is 5.54. The van der Waals surface area contributed by atoms with Crippen LogP contribution in [0.5, 0.6) is 0 Å². The minimum absolute atomic E-state index is 0.0383. The van der Waals surface area contributed by atoms with Crippen molar-refractivity contribution < 1.29 is 0 Å². The summed E-state index contributed by atoms with van der Waals surface area (Å²) in [4.78, 5) is 2.14. The Bertz CT molecular complexity index is 609. The Hall–Kier alpha value is -1.91. The van der Waals surface area contributed by atoms with Gasteiger partial charge in [0.15, 0.2) is 5.11 Å². The van der Waals surface area contributed by atoms with Crippen molar-refractivity contribution in [2.24, 2.45) is 0 Å². The van der Waals surface area contributed by atoms with Crippen LogP contribution in [0.1, 0.15) is 17.3 Å². The molecule has 3 nitrogen and oxygen atoms in total. The van der Waals surface area contributed by atoms with E-state index in [2.05, 4.69) is 53.6 Å². The SMILES string of the molecule is Cc1ccc(N2C(=S)N(C)NC2c2ccccc2)cc1. The zero-order valence-corrected chi connectivity index (χ0v) is 12.4. The second-order valence-corrected chi connectivity index (χ2v) is 5.35. The first kappa shape index (κ1) is 13.1. The van der Waals surface area contributed by atoms with Gasteiger partial charge in [0.05, 0.1) is 0 Å². The van der Waals surface area contributed by atoms with Gasteiger partial charge in [-0.1, -0.05) is 48.0 Å². The third kappa shape index (κ3) is 2.28. The molecule has 2 aromatic carbocycles. The molecule has 1 N–H and O–H groups in total. The van der Waals surface area contributed by atoms with Gasteiger partial charge in [0.1, 0.15) is 6.17 Å². The molecule has 1 aliphatic rings. The van der Waals surface area contributed by atoms with Crippen LogP contribution in [-0.4, -0.2) is 17.2 Å². The normalized spacial score (nSPS) is 18.7. The minimum atomic E-state index is 0.0383. The Morgan fingerprint density at radius 1 is 1.00 bits per heavy atom. The first-order valence-corrected chi connectivity index (χ1v) is 7.02. The number of hydrazine groups is 1. The van der Waals surface area contributed by atoms with Gasteiger partial charge in [-0.05, 0) is 36.8 Å². The molecule has 0 saturated carbocycles. The number of nitrogens with zero attached hydrogens (tertiary/aromatic N) is 2. The largest absolute Gasteiger partial charge is 0.296 e. The molecular weight excluding hydrogens is 266 g/mol. The van der Waals surface area contributed by atoms with Crippen LogP contribution >= 0.6 is 12.2 Å². The summed E-state index contributed by atoms with van der Waals surface area (Å²) in [5.74, 6) is 0. The van der Waals surface area contributed by atoms with Gasteiger partial charge in [0.25, 0.3) is 0 Å². The number of thiocarbonyl (C=S) groups is 1. The highest BCUT2D eigenvalue weighted by Crippen LogP contribution is 2.30. The van der Waals surface area contributed by atoms with Gasteiger partial charge in [-0.2, -0.15) is 0 Å². The minimum Gasteiger partial charge on any atom is -0.296 e. The molecule has 1 fully saturated rings. The zero-order chi connectivity index (χ0) is 14.1. The third-order valence-corrected chi connectivity index (χ3v) is 3.97. The summed E-state index contributed by atoms with van der Waals surface area (Å²) in [6, 6.07) is 18.8.